The molecule has 0 bridgehead atoms. The van der Waals surface area contributed by atoms with Gasteiger partial charge in [0.2, 0.25) is 5.95 Å². The van der Waals surface area contributed by atoms with Gasteiger partial charge in [-0.25, -0.2) is 15.0 Å². The highest BCUT2D eigenvalue weighted by Crippen LogP contribution is 2.31. The maximum absolute atomic E-state index is 13.1. The summed E-state index contributed by atoms with van der Waals surface area (Å²) in [4.78, 5) is 38.2. The van der Waals surface area contributed by atoms with Crippen molar-refractivity contribution >= 4 is 79.0 Å². The van der Waals surface area contributed by atoms with Crippen LogP contribution in [-0.2, 0) is 6.18 Å². The molecule has 14 heteroatoms. The van der Waals surface area contributed by atoms with Crippen LogP contribution in [0.4, 0.5) is 35.6 Å². The Morgan fingerprint density at radius 1 is 0.829 bits per heavy atom. The van der Waals surface area contributed by atoms with Crippen LogP contribution in [0.15, 0.2) is 66.7 Å². The van der Waals surface area contributed by atoms with Crippen molar-refractivity contribution in [2.45, 2.75) is 13.1 Å². The molecule has 5 aromatic rings. The number of hydrogen-bond acceptors (Lipinski definition) is 7. The first-order chi connectivity index (χ1) is 19.4. The zero-order valence-corrected chi connectivity index (χ0v) is 23.1. The van der Waals surface area contributed by atoms with Crippen molar-refractivity contribution in [3.8, 4) is 0 Å². The van der Waals surface area contributed by atoms with E-state index in [1.165, 1.54) is 29.5 Å². The second kappa shape index (κ2) is 11.3. The molecule has 0 fully saturated rings. The molecule has 2 heterocycles. The Balaban J connectivity index is 1.31. The summed E-state index contributed by atoms with van der Waals surface area (Å²) >= 11 is 13.1. The molecule has 3 N–H and O–H groups in total. The molecule has 5 rings (SSSR count). The lowest BCUT2D eigenvalue weighted by Gasteiger charge is -2.13. The summed E-state index contributed by atoms with van der Waals surface area (Å²) in [7, 11) is 0. The number of alkyl halides is 3. The number of amides is 2. The van der Waals surface area contributed by atoms with Crippen molar-refractivity contribution < 1.29 is 22.8 Å². The third kappa shape index (κ3) is 6.73. The number of nitrogens with one attached hydrogen (secondary N) is 3. The summed E-state index contributed by atoms with van der Waals surface area (Å²) in [5.74, 6) is -0.956. The predicted octanol–water partition coefficient (Wildman–Crippen LogP) is 7.97. The van der Waals surface area contributed by atoms with Crippen LogP contribution < -0.4 is 16.0 Å². The molecular formula is C27H17Cl2F3N6O2S. The van der Waals surface area contributed by atoms with Gasteiger partial charge in [-0.15, -0.1) is 0 Å². The first-order valence-electron chi connectivity index (χ1n) is 11.7. The number of carbonyl (C=O) groups is 2. The fraction of sp³-hybridized carbons (Fsp3) is 0.0741. The van der Waals surface area contributed by atoms with Gasteiger partial charge in [-0.1, -0.05) is 46.7 Å². The maximum Gasteiger partial charge on any atom is 0.416 e. The number of rotatable bonds is 6. The molecule has 0 saturated heterocycles. The monoisotopic (exact) mass is 616 g/mol. The minimum Gasteiger partial charge on any atom is -0.322 e. The van der Waals surface area contributed by atoms with Gasteiger partial charge in [-0.2, -0.15) is 13.2 Å². The molecule has 41 heavy (non-hydrogen) atoms. The normalized spacial score (nSPS) is 11.4. The highest BCUT2D eigenvalue weighted by molar-refractivity contribution is 7.22. The van der Waals surface area contributed by atoms with Crippen LogP contribution in [0.1, 0.15) is 31.8 Å². The predicted molar refractivity (Wildman–Crippen MR) is 153 cm³/mol. The van der Waals surface area contributed by atoms with Crippen LogP contribution in [0.5, 0.6) is 0 Å². The molecule has 208 valence electrons. The third-order valence-corrected chi connectivity index (χ3v) is 7.05. The minimum atomic E-state index is -4.57. The topological polar surface area (TPSA) is 109 Å². The van der Waals surface area contributed by atoms with Crippen LogP contribution >= 0.6 is 34.5 Å². The molecule has 0 saturated carbocycles. The lowest BCUT2D eigenvalue weighted by molar-refractivity contribution is -0.137. The first-order valence-corrected chi connectivity index (χ1v) is 13.3. The number of aromatic nitrogens is 3. The van der Waals surface area contributed by atoms with E-state index in [0.29, 0.717) is 37.8 Å². The van der Waals surface area contributed by atoms with Crippen molar-refractivity contribution in [2.24, 2.45) is 0 Å². The molecule has 2 amide bonds. The number of hydrogen-bond donors (Lipinski definition) is 3. The zero-order valence-electron chi connectivity index (χ0n) is 20.8. The van der Waals surface area contributed by atoms with Crippen LogP contribution in [-0.4, -0.2) is 26.8 Å². The standard InChI is InChI=1S/C27H17Cl2F3N6O2S/c1-13-5-7-17(33-23(39)14-3-2-4-16(9-14)27(30,31)32)11-19(13)34-24(40)15-6-8-18-20(10-15)41-26(35-18)38-25-36-21(28)12-22(29)37-25/h2-12H,1H3,(H,33,39)(H,34,40)(H,35,36,37,38). The molecule has 8 nitrogen and oxygen atoms in total. The molecule has 0 spiro atoms. The fourth-order valence-electron chi connectivity index (χ4n) is 3.73. The van der Waals surface area contributed by atoms with Gasteiger partial charge in [-0.3, -0.25) is 14.9 Å². The number of anilines is 4. The molecule has 0 unspecified atom stereocenters. The number of aryl methyl sites for hydroxylation is 1. The Morgan fingerprint density at radius 2 is 1.54 bits per heavy atom. The Kier molecular flexibility index (Phi) is 7.80. The number of halogens is 5. The Hall–Kier alpha value is -4.26. The van der Waals surface area contributed by atoms with Gasteiger partial charge in [-0.05, 0) is 61.0 Å². The largest absolute Gasteiger partial charge is 0.416 e. The lowest BCUT2D eigenvalue weighted by Crippen LogP contribution is -2.15. The van der Waals surface area contributed by atoms with Crippen LogP contribution in [0.2, 0.25) is 10.3 Å². The highest BCUT2D eigenvalue weighted by atomic mass is 35.5. The van der Waals surface area contributed by atoms with E-state index in [-0.39, 0.29) is 21.8 Å². The number of benzene rings is 3. The number of fused-ring (bicyclic) bond motifs is 1. The summed E-state index contributed by atoms with van der Waals surface area (Å²) in [6.07, 6.45) is -4.57. The average Bonchev–Trinajstić information content (AvgIpc) is 3.31. The van der Waals surface area contributed by atoms with Gasteiger partial charge in [0, 0.05) is 28.6 Å². The Bertz CT molecular complexity index is 1790. The van der Waals surface area contributed by atoms with Gasteiger partial charge in [0.25, 0.3) is 11.8 Å². The number of carbonyl (C=O) groups excluding carboxylic acids is 2. The Morgan fingerprint density at radius 3 is 2.27 bits per heavy atom. The summed E-state index contributed by atoms with van der Waals surface area (Å²) in [5, 5.41) is 9.13. The summed E-state index contributed by atoms with van der Waals surface area (Å²) in [6, 6.07) is 15.3. The molecular weight excluding hydrogens is 600 g/mol. The van der Waals surface area contributed by atoms with E-state index >= 15 is 0 Å². The molecule has 0 aliphatic rings. The third-order valence-electron chi connectivity index (χ3n) is 5.73. The van der Waals surface area contributed by atoms with Gasteiger partial charge >= 0.3 is 6.18 Å². The molecule has 0 atom stereocenters. The second-order valence-electron chi connectivity index (χ2n) is 8.68. The van der Waals surface area contributed by atoms with Crippen LogP contribution in [0, 0.1) is 6.92 Å². The lowest BCUT2D eigenvalue weighted by atomic mass is 10.1. The van der Waals surface area contributed by atoms with E-state index in [1.807, 2.05) is 0 Å². The maximum atomic E-state index is 13.1. The smallest absolute Gasteiger partial charge is 0.322 e. The quantitative estimate of drug-likeness (QED) is 0.167. The van der Waals surface area contributed by atoms with E-state index in [1.54, 1.807) is 37.3 Å². The fourth-order valence-corrected chi connectivity index (χ4v) is 5.05. The van der Waals surface area contributed by atoms with Crippen molar-refractivity contribution in [1.29, 1.82) is 0 Å². The molecule has 0 aliphatic carbocycles. The summed E-state index contributed by atoms with van der Waals surface area (Å²) < 4.78 is 39.8. The average molecular weight is 617 g/mol. The van der Waals surface area contributed by atoms with E-state index in [2.05, 4.69) is 30.9 Å². The molecule has 0 aliphatic heterocycles. The first kappa shape index (κ1) is 28.3. The summed E-state index contributed by atoms with van der Waals surface area (Å²) in [6.45, 7) is 1.77. The van der Waals surface area contributed by atoms with E-state index < -0.39 is 23.6 Å². The van der Waals surface area contributed by atoms with Gasteiger partial charge in [0.05, 0.1) is 15.8 Å². The van der Waals surface area contributed by atoms with Crippen molar-refractivity contribution in [1.82, 2.24) is 15.0 Å². The highest BCUT2D eigenvalue weighted by Gasteiger charge is 2.31. The molecule has 2 aromatic heterocycles. The van der Waals surface area contributed by atoms with Gasteiger partial charge in [0.15, 0.2) is 5.13 Å². The van der Waals surface area contributed by atoms with Crippen molar-refractivity contribution in [3.05, 3.63) is 99.3 Å². The van der Waals surface area contributed by atoms with Crippen molar-refractivity contribution in [3.63, 3.8) is 0 Å². The second-order valence-corrected chi connectivity index (χ2v) is 10.5. The number of thiazole rings is 1. The summed E-state index contributed by atoms with van der Waals surface area (Å²) in [5.41, 5.74) is 1.34. The SMILES string of the molecule is Cc1ccc(NC(=O)c2cccc(C(F)(F)F)c2)cc1NC(=O)c1ccc2nc(Nc3nc(Cl)cc(Cl)n3)sc2c1. The van der Waals surface area contributed by atoms with Crippen LogP contribution in [0.25, 0.3) is 10.2 Å². The zero-order chi connectivity index (χ0) is 29.3. The van der Waals surface area contributed by atoms with Crippen molar-refractivity contribution in [2.75, 3.05) is 16.0 Å². The van der Waals surface area contributed by atoms with Gasteiger partial charge < -0.3 is 10.6 Å². The van der Waals surface area contributed by atoms with Gasteiger partial charge in [0.1, 0.15) is 10.3 Å². The van der Waals surface area contributed by atoms with E-state index in [0.717, 1.165) is 18.2 Å². The molecule has 0 radical (unpaired) electrons. The van der Waals surface area contributed by atoms with E-state index in [9.17, 15) is 22.8 Å². The number of nitrogens with zero attached hydrogens (tertiary/aromatic N) is 3. The van der Waals surface area contributed by atoms with E-state index in [4.69, 9.17) is 23.2 Å². The minimum absolute atomic E-state index is 0.150. The Labute approximate surface area is 244 Å². The molecule has 3 aromatic carbocycles. The van der Waals surface area contributed by atoms with Crippen LogP contribution in [0.3, 0.4) is 0 Å².